The third kappa shape index (κ3) is 3.34. The van der Waals surface area contributed by atoms with Crippen molar-refractivity contribution in [1.82, 2.24) is 4.90 Å². The number of benzene rings is 1. The Morgan fingerprint density at radius 1 is 1.48 bits per heavy atom. The molecule has 21 heavy (non-hydrogen) atoms. The van der Waals surface area contributed by atoms with Gasteiger partial charge in [-0.05, 0) is 30.5 Å². The number of rotatable bonds is 4. The zero-order valence-electron chi connectivity index (χ0n) is 12.5. The van der Waals surface area contributed by atoms with E-state index < -0.39 is 5.41 Å². The molecule has 0 unspecified atom stereocenters. The van der Waals surface area contributed by atoms with E-state index in [1.54, 1.807) is 19.1 Å². The van der Waals surface area contributed by atoms with Crippen LogP contribution in [0.4, 0.5) is 0 Å². The van der Waals surface area contributed by atoms with Crippen molar-refractivity contribution < 1.29 is 14.3 Å². The summed E-state index contributed by atoms with van der Waals surface area (Å²) in [4.78, 5) is 14.2. The average Bonchev–Trinajstić information content (AvgIpc) is 2.54. The number of carbonyl (C=O) groups is 1. The van der Waals surface area contributed by atoms with Crippen molar-refractivity contribution in [3.05, 3.63) is 29.8 Å². The summed E-state index contributed by atoms with van der Waals surface area (Å²) in [5.41, 5.74) is 0.0386. The Morgan fingerprint density at radius 3 is 2.81 bits per heavy atom. The first-order chi connectivity index (χ1) is 10.1. The molecule has 0 radical (unpaired) electrons. The number of carbonyl (C=O) groups excluding carboxylic acids is 1. The van der Waals surface area contributed by atoms with Gasteiger partial charge in [0.1, 0.15) is 11.2 Å². The molecular formula is C16H20N2O3. The summed E-state index contributed by atoms with van der Waals surface area (Å²) in [7, 11) is 3.34. The first-order valence-corrected chi connectivity index (χ1v) is 6.99. The van der Waals surface area contributed by atoms with Crippen molar-refractivity contribution in [2.75, 3.05) is 27.4 Å². The predicted octanol–water partition coefficient (Wildman–Crippen LogP) is 1.97. The quantitative estimate of drug-likeness (QED) is 0.850. The van der Waals surface area contributed by atoms with E-state index in [1.165, 1.54) is 0 Å². The fourth-order valence-electron chi connectivity index (χ4n) is 2.58. The first-order valence-electron chi connectivity index (χ1n) is 6.99. The van der Waals surface area contributed by atoms with Crippen molar-refractivity contribution in [3.63, 3.8) is 0 Å². The molecule has 1 aromatic rings. The van der Waals surface area contributed by atoms with Crippen LogP contribution in [0, 0.1) is 16.7 Å². The fraction of sp³-hybridized carbons (Fsp3) is 0.500. The highest BCUT2D eigenvalue weighted by molar-refractivity contribution is 5.85. The highest BCUT2D eigenvalue weighted by atomic mass is 16.5. The Kier molecular flexibility index (Phi) is 4.81. The maximum absolute atomic E-state index is 12.6. The zero-order valence-corrected chi connectivity index (χ0v) is 12.5. The maximum atomic E-state index is 12.6. The van der Waals surface area contributed by atoms with Gasteiger partial charge in [-0.25, -0.2) is 0 Å². The molecule has 5 nitrogen and oxygen atoms in total. The van der Waals surface area contributed by atoms with Gasteiger partial charge in [0.25, 0.3) is 0 Å². The van der Waals surface area contributed by atoms with Crippen LogP contribution in [0.15, 0.2) is 24.3 Å². The molecular weight excluding hydrogens is 268 g/mol. The molecule has 1 saturated heterocycles. The molecule has 0 N–H and O–H groups in total. The van der Waals surface area contributed by atoms with Gasteiger partial charge in [-0.1, -0.05) is 12.1 Å². The van der Waals surface area contributed by atoms with Crippen LogP contribution in [0.25, 0.3) is 0 Å². The van der Waals surface area contributed by atoms with Crippen LogP contribution >= 0.6 is 0 Å². The predicted molar refractivity (Wildman–Crippen MR) is 77.6 cm³/mol. The van der Waals surface area contributed by atoms with Crippen LogP contribution in [0.1, 0.15) is 18.4 Å². The Balaban J connectivity index is 2.09. The average molecular weight is 288 g/mol. The maximum Gasteiger partial charge on any atom is 0.243 e. The standard InChI is InChI=1S/C16H20N2O3/c1-18(11-13-4-3-5-14(10-13)20-2)15(19)16(12-17)6-8-21-9-7-16/h3-5,10H,6-9,11H2,1-2H3. The topological polar surface area (TPSA) is 62.6 Å². The largest absolute Gasteiger partial charge is 0.497 e. The number of hydrogen-bond donors (Lipinski definition) is 0. The molecule has 2 rings (SSSR count). The molecule has 0 bridgehead atoms. The summed E-state index contributed by atoms with van der Waals surface area (Å²) >= 11 is 0. The third-order valence-electron chi connectivity index (χ3n) is 3.87. The van der Waals surface area contributed by atoms with Gasteiger partial charge in [-0.15, -0.1) is 0 Å². The lowest BCUT2D eigenvalue weighted by molar-refractivity contribution is -0.142. The lowest BCUT2D eigenvalue weighted by atomic mass is 9.80. The summed E-state index contributed by atoms with van der Waals surface area (Å²) in [6, 6.07) is 9.80. The molecule has 0 aliphatic carbocycles. The molecule has 1 heterocycles. The molecule has 0 spiro atoms. The molecule has 0 atom stereocenters. The fourth-order valence-corrected chi connectivity index (χ4v) is 2.58. The molecule has 5 heteroatoms. The smallest absolute Gasteiger partial charge is 0.243 e. The van der Waals surface area contributed by atoms with Gasteiger partial charge in [0.15, 0.2) is 0 Å². The summed E-state index contributed by atoms with van der Waals surface area (Å²) in [5, 5.41) is 9.44. The lowest BCUT2D eigenvalue weighted by Gasteiger charge is -2.33. The number of nitrogens with zero attached hydrogens (tertiary/aromatic N) is 2. The van der Waals surface area contributed by atoms with Crippen molar-refractivity contribution in [1.29, 1.82) is 5.26 Å². The molecule has 1 amide bonds. The number of methoxy groups -OCH3 is 1. The highest BCUT2D eigenvalue weighted by Gasteiger charge is 2.42. The number of hydrogen-bond acceptors (Lipinski definition) is 4. The molecule has 0 aromatic heterocycles. The van der Waals surface area contributed by atoms with Gasteiger partial charge >= 0.3 is 0 Å². The molecule has 112 valence electrons. The van der Waals surface area contributed by atoms with Gasteiger partial charge in [0, 0.05) is 26.8 Å². The van der Waals surface area contributed by atoms with Crippen molar-refractivity contribution in [2.24, 2.45) is 5.41 Å². The van der Waals surface area contributed by atoms with E-state index in [0.717, 1.165) is 11.3 Å². The Morgan fingerprint density at radius 2 is 2.19 bits per heavy atom. The summed E-state index contributed by atoms with van der Waals surface area (Å²) in [6.45, 7) is 1.39. The van der Waals surface area contributed by atoms with Gasteiger partial charge in [-0.2, -0.15) is 5.26 Å². The SMILES string of the molecule is COc1cccc(CN(C)C(=O)C2(C#N)CCOCC2)c1. The molecule has 1 aliphatic rings. The normalized spacial score (nSPS) is 16.8. The Labute approximate surface area is 125 Å². The summed E-state index contributed by atoms with van der Waals surface area (Å²) in [5.74, 6) is 0.630. The summed E-state index contributed by atoms with van der Waals surface area (Å²) in [6.07, 6.45) is 0.926. The molecule has 1 fully saturated rings. The van der Waals surface area contributed by atoms with E-state index >= 15 is 0 Å². The van der Waals surface area contributed by atoms with E-state index in [9.17, 15) is 10.1 Å². The van der Waals surface area contributed by atoms with Crippen LogP contribution in [0.5, 0.6) is 5.75 Å². The minimum atomic E-state index is -0.939. The second-order valence-corrected chi connectivity index (χ2v) is 5.32. The van der Waals surface area contributed by atoms with Crippen LogP contribution < -0.4 is 4.74 Å². The third-order valence-corrected chi connectivity index (χ3v) is 3.87. The number of nitriles is 1. The highest BCUT2D eigenvalue weighted by Crippen LogP contribution is 2.32. The summed E-state index contributed by atoms with van der Waals surface area (Å²) < 4.78 is 10.4. The minimum Gasteiger partial charge on any atom is -0.497 e. The first kappa shape index (κ1) is 15.3. The zero-order chi connectivity index (χ0) is 15.3. The Hall–Kier alpha value is -2.06. The Bertz CT molecular complexity index is 545. The van der Waals surface area contributed by atoms with Gasteiger partial charge in [0.05, 0.1) is 13.2 Å². The van der Waals surface area contributed by atoms with Crippen LogP contribution in [-0.2, 0) is 16.1 Å². The number of ether oxygens (including phenoxy) is 2. The van der Waals surface area contributed by atoms with E-state index in [2.05, 4.69) is 6.07 Å². The monoisotopic (exact) mass is 288 g/mol. The van der Waals surface area contributed by atoms with E-state index in [0.29, 0.717) is 32.6 Å². The van der Waals surface area contributed by atoms with Crippen molar-refractivity contribution in [2.45, 2.75) is 19.4 Å². The van der Waals surface area contributed by atoms with E-state index in [4.69, 9.17) is 9.47 Å². The van der Waals surface area contributed by atoms with Crippen molar-refractivity contribution >= 4 is 5.91 Å². The second kappa shape index (κ2) is 6.59. The van der Waals surface area contributed by atoms with Gasteiger partial charge in [0.2, 0.25) is 5.91 Å². The van der Waals surface area contributed by atoms with Crippen LogP contribution in [-0.4, -0.2) is 38.2 Å². The van der Waals surface area contributed by atoms with E-state index in [-0.39, 0.29) is 5.91 Å². The van der Waals surface area contributed by atoms with Gasteiger partial charge < -0.3 is 14.4 Å². The molecule has 0 saturated carbocycles. The van der Waals surface area contributed by atoms with Crippen LogP contribution in [0.2, 0.25) is 0 Å². The van der Waals surface area contributed by atoms with Gasteiger partial charge in [-0.3, -0.25) is 4.79 Å². The number of amides is 1. The van der Waals surface area contributed by atoms with E-state index in [1.807, 2.05) is 24.3 Å². The molecule has 1 aliphatic heterocycles. The lowest BCUT2D eigenvalue weighted by Crippen LogP contribution is -2.44. The molecule has 1 aromatic carbocycles. The van der Waals surface area contributed by atoms with Crippen molar-refractivity contribution in [3.8, 4) is 11.8 Å². The van der Waals surface area contributed by atoms with Crippen LogP contribution in [0.3, 0.4) is 0 Å². The minimum absolute atomic E-state index is 0.129. The second-order valence-electron chi connectivity index (χ2n) is 5.32.